The van der Waals surface area contributed by atoms with Crippen LogP contribution in [0.5, 0.6) is 0 Å². The lowest BCUT2D eigenvalue weighted by atomic mass is 9.92. The fraction of sp³-hybridized carbons (Fsp3) is 0.154. The van der Waals surface area contributed by atoms with E-state index in [-0.39, 0.29) is 11.9 Å². The Morgan fingerprint density at radius 1 is 1.22 bits per heavy atom. The Balaban J connectivity index is 1.95. The maximum atomic E-state index is 11.9. The van der Waals surface area contributed by atoms with E-state index in [1.165, 1.54) is 0 Å². The molecule has 92 valence electrons. The van der Waals surface area contributed by atoms with Crippen LogP contribution in [0.25, 0.3) is 0 Å². The maximum Gasteiger partial charge on any atom is 0.247 e. The summed E-state index contributed by atoms with van der Waals surface area (Å²) in [6.07, 6.45) is 1.59. The molecule has 1 aliphatic heterocycles. The molecule has 0 saturated carbocycles. The van der Waals surface area contributed by atoms with E-state index in [2.05, 4.69) is 15.9 Å². The number of carbonyl (C=O) groups excluding carboxylic acids is 1. The van der Waals surface area contributed by atoms with E-state index in [0.29, 0.717) is 5.76 Å². The molecule has 1 fully saturated rings. The highest BCUT2D eigenvalue weighted by Gasteiger charge is 2.48. The second kappa shape index (κ2) is 4.26. The number of rotatable bonds is 2. The van der Waals surface area contributed by atoms with E-state index in [1.54, 1.807) is 17.2 Å². The summed E-state index contributed by atoms with van der Waals surface area (Å²) >= 11 is 3.37. The zero-order valence-corrected chi connectivity index (χ0v) is 11.0. The van der Waals surface area contributed by atoms with Gasteiger partial charge in [-0.2, -0.15) is 0 Å². The molecule has 0 spiro atoms. The van der Waals surface area contributed by atoms with E-state index in [1.807, 2.05) is 30.3 Å². The van der Waals surface area contributed by atoms with Crippen molar-refractivity contribution in [2.45, 2.75) is 12.1 Å². The standard InChI is InChI=1S/C13H11BrN2O2/c14-8-3-5-9(6-4-8)16-12(11(15)13(16)17)10-2-1-7-18-10/h1-7,11-12H,15H2/t11-,12-/m0/s1. The number of nitrogens with zero attached hydrogens (tertiary/aromatic N) is 1. The highest BCUT2D eigenvalue weighted by Crippen LogP contribution is 2.38. The number of hydrogen-bond donors (Lipinski definition) is 1. The summed E-state index contributed by atoms with van der Waals surface area (Å²) < 4.78 is 6.32. The first kappa shape index (κ1) is 11.5. The average molecular weight is 307 g/mol. The number of halogens is 1. The molecule has 1 aromatic carbocycles. The van der Waals surface area contributed by atoms with Crippen molar-refractivity contribution < 1.29 is 9.21 Å². The van der Waals surface area contributed by atoms with Crippen LogP contribution in [0, 0.1) is 0 Å². The van der Waals surface area contributed by atoms with Crippen LogP contribution >= 0.6 is 15.9 Å². The number of furan rings is 1. The van der Waals surface area contributed by atoms with Gasteiger partial charge in [0.2, 0.25) is 5.91 Å². The van der Waals surface area contributed by atoms with E-state index < -0.39 is 6.04 Å². The summed E-state index contributed by atoms with van der Waals surface area (Å²) in [5.74, 6) is 0.628. The van der Waals surface area contributed by atoms with E-state index in [0.717, 1.165) is 10.2 Å². The predicted octanol–water partition coefficient (Wildman–Crippen LogP) is 2.46. The Bertz CT molecular complexity index is 565. The topological polar surface area (TPSA) is 59.5 Å². The number of β-lactam (4-membered cyclic amide) rings is 1. The van der Waals surface area contributed by atoms with Gasteiger partial charge in [0.15, 0.2) is 0 Å². The highest BCUT2D eigenvalue weighted by molar-refractivity contribution is 9.10. The van der Waals surface area contributed by atoms with Crippen LogP contribution in [-0.2, 0) is 4.79 Å². The Hall–Kier alpha value is -1.59. The molecular formula is C13H11BrN2O2. The van der Waals surface area contributed by atoms with Crippen LogP contribution in [0.4, 0.5) is 5.69 Å². The van der Waals surface area contributed by atoms with Gasteiger partial charge < -0.3 is 10.2 Å². The van der Waals surface area contributed by atoms with Gasteiger partial charge in [0, 0.05) is 10.2 Å². The van der Waals surface area contributed by atoms with Crippen LogP contribution in [0.3, 0.4) is 0 Å². The molecule has 2 atom stereocenters. The molecule has 2 aromatic rings. The monoisotopic (exact) mass is 306 g/mol. The number of benzene rings is 1. The first-order chi connectivity index (χ1) is 8.68. The minimum atomic E-state index is -0.528. The second-order valence-corrected chi connectivity index (χ2v) is 5.09. The molecule has 4 nitrogen and oxygen atoms in total. The zero-order valence-electron chi connectivity index (χ0n) is 9.42. The molecule has 1 aliphatic rings. The van der Waals surface area contributed by atoms with Gasteiger partial charge in [-0.05, 0) is 36.4 Å². The van der Waals surface area contributed by atoms with Gasteiger partial charge >= 0.3 is 0 Å². The summed E-state index contributed by atoms with van der Waals surface area (Å²) in [5, 5.41) is 0. The Labute approximate surface area is 113 Å². The predicted molar refractivity (Wildman–Crippen MR) is 71.1 cm³/mol. The number of carbonyl (C=O) groups is 1. The summed E-state index contributed by atoms with van der Waals surface area (Å²) in [4.78, 5) is 13.6. The van der Waals surface area contributed by atoms with Crippen LogP contribution in [0.15, 0.2) is 51.6 Å². The first-order valence-electron chi connectivity index (χ1n) is 5.56. The Kier molecular flexibility index (Phi) is 2.72. The number of nitrogens with two attached hydrogens (primary N) is 1. The SMILES string of the molecule is N[C@@H]1C(=O)N(c2ccc(Br)cc2)[C@H]1c1ccco1. The summed E-state index contributed by atoms with van der Waals surface area (Å²) in [5.41, 5.74) is 6.68. The lowest BCUT2D eigenvalue weighted by Gasteiger charge is -2.44. The van der Waals surface area contributed by atoms with Crippen LogP contribution in [0.2, 0.25) is 0 Å². The molecule has 2 heterocycles. The molecule has 0 aliphatic carbocycles. The molecule has 0 unspecified atom stereocenters. The van der Waals surface area contributed by atoms with E-state index in [9.17, 15) is 4.79 Å². The molecule has 1 aromatic heterocycles. The normalized spacial score (nSPS) is 23.0. The Morgan fingerprint density at radius 2 is 1.94 bits per heavy atom. The minimum absolute atomic E-state index is 0.0845. The van der Waals surface area contributed by atoms with Gasteiger partial charge in [-0.15, -0.1) is 0 Å². The molecule has 1 saturated heterocycles. The molecule has 0 radical (unpaired) electrons. The van der Waals surface area contributed by atoms with E-state index in [4.69, 9.17) is 10.2 Å². The zero-order chi connectivity index (χ0) is 12.7. The molecule has 0 bridgehead atoms. The largest absolute Gasteiger partial charge is 0.467 e. The van der Waals surface area contributed by atoms with E-state index >= 15 is 0 Å². The van der Waals surface area contributed by atoms with Gasteiger partial charge in [-0.1, -0.05) is 15.9 Å². The van der Waals surface area contributed by atoms with Crippen LogP contribution in [-0.4, -0.2) is 11.9 Å². The molecule has 1 amide bonds. The Morgan fingerprint density at radius 3 is 2.56 bits per heavy atom. The summed E-state index contributed by atoms with van der Waals surface area (Å²) in [6.45, 7) is 0. The summed E-state index contributed by atoms with van der Waals surface area (Å²) in [7, 11) is 0. The van der Waals surface area contributed by atoms with Gasteiger partial charge in [0.05, 0.1) is 6.26 Å². The van der Waals surface area contributed by atoms with Gasteiger partial charge in [-0.25, -0.2) is 0 Å². The molecule has 5 heteroatoms. The van der Waals surface area contributed by atoms with Crippen molar-refractivity contribution in [1.29, 1.82) is 0 Å². The molecule has 18 heavy (non-hydrogen) atoms. The number of amides is 1. The van der Waals surface area contributed by atoms with Gasteiger partial charge in [0.25, 0.3) is 0 Å². The van der Waals surface area contributed by atoms with Crippen molar-refractivity contribution in [2.75, 3.05) is 4.90 Å². The fourth-order valence-electron chi connectivity index (χ4n) is 2.16. The third-order valence-corrected chi connectivity index (χ3v) is 3.61. The smallest absolute Gasteiger partial charge is 0.247 e. The van der Waals surface area contributed by atoms with Crippen molar-refractivity contribution in [1.82, 2.24) is 0 Å². The van der Waals surface area contributed by atoms with Crippen molar-refractivity contribution >= 4 is 27.5 Å². The van der Waals surface area contributed by atoms with Crippen molar-refractivity contribution in [3.8, 4) is 0 Å². The van der Waals surface area contributed by atoms with Crippen LogP contribution in [0.1, 0.15) is 11.8 Å². The molecule has 3 rings (SSSR count). The number of anilines is 1. The third kappa shape index (κ3) is 1.67. The molecular weight excluding hydrogens is 296 g/mol. The second-order valence-electron chi connectivity index (χ2n) is 4.17. The quantitative estimate of drug-likeness (QED) is 0.867. The van der Waals surface area contributed by atoms with Crippen molar-refractivity contribution in [3.63, 3.8) is 0 Å². The summed E-state index contributed by atoms with van der Waals surface area (Å²) in [6, 6.07) is 10.4. The van der Waals surface area contributed by atoms with Crippen LogP contribution < -0.4 is 10.6 Å². The molecule has 2 N–H and O–H groups in total. The number of hydrogen-bond acceptors (Lipinski definition) is 3. The first-order valence-corrected chi connectivity index (χ1v) is 6.35. The maximum absolute atomic E-state index is 11.9. The van der Waals surface area contributed by atoms with Gasteiger partial charge in [-0.3, -0.25) is 9.69 Å². The fourth-order valence-corrected chi connectivity index (χ4v) is 2.43. The van der Waals surface area contributed by atoms with Gasteiger partial charge in [0.1, 0.15) is 17.8 Å². The van der Waals surface area contributed by atoms with Crippen molar-refractivity contribution in [3.05, 3.63) is 52.9 Å². The lowest BCUT2D eigenvalue weighted by Crippen LogP contribution is -2.63. The highest BCUT2D eigenvalue weighted by atomic mass is 79.9. The average Bonchev–Trinajstić information content (AvgIpc) is 2.89. The van der Waals surface area contributed by atoms with Crippen molar-refractivity contribution in [2.24, 2.45) is 5.73 Å². The third-order valence-electron chi connectivity index (χ3n) is 3.08. The lowest BCUT2D eigenvalue weighted by molar-refractivity contribution is -0.126. The minimum Gasteiger partial charge on any atom is -0.467 e.